The lowest BCUT2D eigenvalue weighted by Gasteiger charge is -2.37. The van der Waals surface area contributed by atoms with Gasteiger partial charge in [-0.15, -0.1) is 0 Å². The largest absolute Gasteiger partial charge is 0.446 e. The van der Waals surface area contributed by atoms with E-state index < -0.39 is 24.3 Å². The quantitative estimate of drug-likeness (QED) is 0.0856. The highest BCUT2D eigenvalue weighted by Gasteiger charge is 2.39. The van der Waals surface area contributed by atoms with Crippen LogP contribution in [0, 0.1) is 0 Å². The van der Waals surface area contributed by atoms with Crippen molar-refractivity contribution in [2.24, 2.45) is 0 Å². The van der Waals surface area contributed by atoms with Crippen LogP contribution in [-0.2, 0) is 28.5 Å². The molecule has 11 rings (SSSR count). The number of imidazole rings is 2. The predicted octanol–water partition coefficient (Wildman–Crippen LogP) is 9.69. The van der Waals surface area contributed by atoms with E-state index in [1.807, 2.05) is 119 Å². The number of nitrogens with zero attached hydrogens (tertiary/aromatic N) is 5. The van der Waals surface area contributed by atoms with Gasteiger partial charge < -0.3 is 49.3 Å². The maximum absolute atomic E-state index is 14.5. The number of hydrogen-bond acceptors (Lipinski definition) is 11. The molecule has 3 aromatic heterocycles. The Balaban J connectivity index is 0.748. The number of hydrogen-bond donors (Lipinski definition) is 4. The molecule has 0 spiro atoms. The molecule has 4 N–H and O–H groups in total. The summed E-state index contributed by atoms with van der Waals surface area (Å²) in [4.78, 5) is 80.5. The van der Waals surface area contributed by atoms with Crippen molar-refractivity contribution in [3.8, 4) is 33.8 Å². The normalized spacial score (nSPS) is 19.3. The summed E-state index contributed by atoms with van der Waals surface area (Å²) < 4.78 is 22.3. The second kappa shape index (κ2) is 22.7. The summed E-state index contributed by atoms with van der Waals surface area (Å²) in [6, 6.07) is 34.5. The number of piperidine rings is 1. The molecule has 0 radical (unpaired) electrons. The van der Waals surface area contributed by atoms with Crippen LogP contribution in [0.4, 0.5) is 9.59 Å². The summed E-state index contributed by atoms with van der Waals surface area (Å²) in [5.41, 5.74) is 7.53. The van der Waals surface area contributed by atoms with Crippen LogP contribution in [0.5, 0.6) is 0 Å². The van der Waals surface area contributed by atoms with E-state index in [9.17, 15) is 19.2 Å². The number of H-pyrrole nitrogens is 2. The van der Waals surface area contributed by atoms with Crippen molar-refractivity contribution < 1.29 is 38.1 Å². The maximum Gasteiger partial charge on any atom is 0.408 e. The molecule has 4 aliphatic heterocycles. The molecule has 17 nitrogen and oxygen atoms in total. The molecule has 386 valence electrons. The molecule has 4 aliphatic rings. The fourth-order valence-electron chi connectivity index (χ4n) is 10.8. The fourth-order valence-corrected chi connectivity index (χ4v) is 10.8. The summed E-state index contributed by atoms with van der Waals surface area (Å²) in [5, 5.41) is 6.74. The summed E-state index contributed by atoms with van der Waals surface area (Å²) in [5.74, 6) is 0.967. The second-order valence-corrected chi connectivity index (χ2v) is 19.7. The van der Waals surface area contributed by atoms with Crippen molar-refractivity contribution in [1.29, 1.82) is 0 Å². The number of pyridine rings is 1. The number of benzene rings is 4. The van der Waals surface area contributed by atoms with Gasteiger partial charge >= 0.3 is 12.2 Å². The average molecular weight is 1010 g/mol. The SMILES string of the molecule is O=C(N[C@@H](C(=O)N1CCCC[C@H]1c1ncc(-c2ccc(-c3ccc4cc(-c5cnc([C@@H]6CCCN6C(=O)[C@H](NC(=O)OC6CCOCC6)c6ccccc6)[nH]5)ccc4n3)cc2)[nH]1)c1ccccc1)OC1CCOCC1. The van der Waals surface area contributed by atoms with Crippen molar-refractivity contribution in [3.05, 3.63) is 150 Å². The number of nitrogens with one attached hydrogen (secondary N) is 4. The minimum Gasteiger partial charge on any atom is -0.446 e. The Kier molecular flexibility index (Phi) is 14.9. The highest BCUT2D eigenvalue weighted by atomic mass is 16.6. The molecule has 7 aromatic rings. The van der Waals surface area contributed by atoms with E-state index in [0.29, 0.717) is 88.0 Å². The number of aromatic nitrogens is 5. The minimum atomic E-state index is -0.919. The zero-order valence-corrected chi connectivity index (χ0v) is 41.7. The van der Waals surface area contributed by atoms with Crippen LogP contribution in [0.15, 0.2) is 128 Å². The van der Waals surface area contributed by atoms with Crippen LogP contribution in [0.1, 0.15) is 105 Å². The van der Waals surface area contributed by atoms with Gasteiger partial charge in [-0.2, -0.15) is 0 Å². The molecule has 4 atom stereocenters. The maximum atomic E-state index is 14.5. The first-order valence-electron chi connectivity index (χ1n) is 26.2. The van der Waals surface area contributed by atoms with E-state index in [0.717, 1.165) is 76.8 Å². The Morgan fingerprint density at radius 2 is 1.04 bits per heavy atom. The highest BCUT2D eigenvalue weighted by molar-refractivity contribution is 5.89. The van der Waals surface area contributed by atoms with Crippen LogP contribution >= 0.6 is 0 Å². The third-order valence-corrected chi connectivity index (χ3v) is 14.8. The summed E-state index contributed by atoms with van der Waals surface area (Å²) in [6.45, 7) is 3.22. The van der Waals surface area contributed by atoms with Gasteiger partial charge in [-0.3, -0.25) is 9.59 Å². The van der Waals surface area contributed by atoms with Gasteiger partial charge in [-0.1, -0.05) is 97.1 Å². The van der Waals surface area contributed by atoms with Gasteiger partial charge in [0.05, 0.1) is 73.5 Å². The number of carbonyl (C=O) groups excluding carboxylic acids is 4. The third kappa shape index (κ3) is 11.3. The Bertz CT molecular complexity index is 3100. The van der Waals surface area contributed by atoms with Gasteiger partial charge in [0.1, 0.15) is 35.9 Å². The van der Waals surface area contributed by atoms with Gasteiger partial charge in [0, 0.05) is 55.3 Å². The van der Waals surface area contributed by atoms with Crippen molar-refractivity contribution in [2.75, 3.05) is 39.5 Å². The summed E-state index contributed by atoms with van der Waals surface area (Å²) >= 11 is 0. The number of rotatable bonds is 13. The molecule has 0 saturated carbocycles. The topological polar surface area (TPSA) is 206 Å². The predicted molar refractivity (Wildman–Crippen MR) is 280 cm³/mol. The number of fused-ring (bicyclic) bond motifs is 1. The third-order valence-electron chi connectivity index (χ3n) is 14.8. The average Bonchev–Trinajstić information content (AvgIpc) is 4.28. The second-order valence-electron chi connectivity index (χ2n) is 19.7. The standard InChI is InChI=1S/C58H61N9O8/c68-55(51(39-10-3-1-4-11-39)64-57(70)74-43-24-30-72-31-25-43)66-28-8-7-14-49(66)53-59-35-47(62-53)38-18-16-37(17-19-38)45-22-20-41-34-42(21-23-46(41)61-45)48-36-60-54(63-48)50-15-9-29-67(50)56(69)52(40-12-5-2-6-13-40)65-58(71)75-44-26-32-73-33-27-44/h1-6,10-13,16-23,34-36,43-44,49-52H,7-9,14-15,24-33H2,(H,59,62)(H,60,63)(H,64,70)(H,65,71)/t49-,50-,51+,52+/m0/s1. The van der Waals surface area contributed by atoms with E-state index in [4.69, 9.17) is 33.9 Å². The van der Waals surface area contributed by atoms with E-state index in [2.05, 4.69) is 32.7 Å². The van der Waals surface area contributed by atoms with Crippen LogP contribution in [0.25, 0.3) is 44.7 Å². The van der Waals surface area contributed by atoms with Gasteiger partial charge in [-0.05, 0) is 67.0 Å². The molecule has 0 aliphatic carbocycles. The lowest BCUT2D eigenvalue weighted by Crippen LogP contribution is -2.47. The molecule has 17 heteroatoms. The molecular weight excluding hydrogens is 951 g/mol. The molecular formula is C58H61N9O8. The molecule has 4 fully saturated rings. The Labute approximate surface area is 434 Å². The van der Waals surface area contributed by atoms with Crippen molar-refractivity contribution in [1.82, 2.24) is 45.4 Å². The molecule has 0 bridgehead atoms. The lowest BCUT2D eigenvalue weighted by molar-refractivity contribution is -0.138. The number of carbonyl (C=O) groups is 4. The van der Waals surface area contributed by atoms with Gasteiger partial charge in [0.25, 0.3) is 11.8 Å². The molecule has 4 saturated heterocycles. The molecule has 4 amide bonds. The van der Waals surface area contributed by atoms with Crippen molar-refractivity contribution in [3.63, 3.8) is 0 Å². The van der Waals surface area contributed by atoms with Gasteiger partial charge in [0.2, 0.25) is 0 Å². The fraction of sp³-hybridized carbons (Fsp3) is 0.362. The summed E-state index contributed by atoms with van der Waals surface area (Å²) in [7, 11) is 0. The van der Waals surface area contributed by atoms with Gasteiger partial charge in [-0.25, -0.2) is 24.5 Å². The lowest BCUT2D eigenvalue weighted by atomic mass is 9.98. The van der Waals surface area contributed by atoms with Crippen molar-refractivity contribution in [2.45, 2.75) is 94.2 Å². The first kappa shape index (κ1) is 49.3. The number of alkyl carbamates (subject to hydrolysis) is 2. The van der Waals surface area contributed by atoms with E-state index in [1.165, 1.54) is 0 Å². The molecule has 75 heavy (non-hydrogen) atoms. The molecule has 0 unspecified atom stereocenters. The number of amides is 4. The first-order chi connectivity index (χ1) is 36.8. The smallest absolute Gasteiger partial charge is 0.408 e. The number of likely N-dealkylation sites (tertiary alicyclic amines) is 2. The van der Waals surface area contributed by atoms with E-state index >= 15 is 0 Å². The van der Waals surface area contributed by atoms with E-state index in [-0.39, 0.29) is 36.1 Å². The monoisotopic (exact) mass is 1010 g/mol. The zero-order chi connectivity index (χ0) is 51.1. The van der Waals surface area contributed by atoms with Crippen LogP contribution in [-0.4, -0.2) is 110 Å². The molecule has 7 heterocycles. The Morgan fingerprint density at radius 3 is 1.60 bits per heavy atom. The zero-order valence-electron chi connectivity index (χ0n) is 41.7. The Hall–Kier alpha value is -7.89. The number of aromatic amines is 2. The number of ether oxygens (including phenoxy) is 4. The van der Waals surface area contributed by atoms with Gasteiger partial charge in [0.15, 0.2) is 0 Å². The first-order valence-corrected chi connectivity index (χ1v) is 26.2. The minimum absolute atomic E-state index is 0.206. The van der Waals surface area contributed by atoms with E-state index in [1.54, 1.807) is 6.20 Å². The highest BCUT2D eigenvalue weighted by Crippen LogP contribution is 2.37. The summed E-state index contributed by atoms with van der Waals surface area (Å²) in [6.07, 6.45) is 8.43. The van der Waals surface area contributed by atoms with Crippen LogP contribution in [0.2, 0.25) is 0 Å². The Morgan fingerprint density at radius 1 is 0.547 bits per heavy atom. The van der Waals surface area contributed by atoms with Crippen LogP contribution < -0.4 is 10.6 Å². The van der Waals surface area contributed by atoms with Crippen molar-refractivity contribution >= 4 is 34.9 Å². The molecule has 4 aromatic carbocycles. The van der Waals surface area contributed by atoms with Crippen LogP contribution in [0.3, 0.4) is 0 Å².